The maximum atomic E-state index is 12.1. The highest BCUT2D eigenvalue weighted by Crippen LogP contribution is 2.12. The molecular weight excluding hydrogens is 284 g/mol. The van der Waals surface area contributed by atoms with Crippen molar-refractivity contribution < 1.29 is 14.5 Å². The Labute approximate surface area is 121 Å². The zero-order chi connectivity index (χ0) is 13.2. The van der Waals surface area contributed by atoms with Gasteiger partial charge in [0.25, 0.3) is 5.91 Å². The Kier molecular flexibility index (Phi) is 4.53. The van der Waals surface area contributed by atoms with Gasteiger partial charge >= 0.3 is 0 Å². The number of β-amino-alcohol motifs (C(OH)–C–C–N with tert-alkyl or cyclic N) is 1. The Morgan fingerprint density at radius 1 is 1.40 bits per heavy atom. The summed E-state index contributed by atoms with van der Waals surface area (Å²) >= 11 is 0. The number of hydrogen-bond acceptors (Lipinski definition) is 6. The minimum atomic E-state index is -0.560. The molecule has 1 aliphatic heterocycles. The van der Waals surface area contributed by atoms with Crippen LogP contribution in [0.3, 0.4) is 0 Å². The van der Waals surface area contributed by atoms with Crippen molar-refractivity contribution in [1.29, 1.82) is 0 Å². The largest absolute Gasteiger partial charge is 0.390 e. The molecule has 2 heterocycles. The van der Waals surface area contributed by atoms with E-state index >= 15 is 0 Å². The molecule has 0 saturated carbocycles. The minimum absolute atomic E-state index is 0. The first-order chi connectivity index (χ1) is 9.24. The summed E-state index contributed by atoms with van der Waals surface area (Å²) in [7, 11) is 0. The van der Waals surface area contributed by atoms with Crippen molar-refractivity contribution in [2.24, 2.45) is 0 Å². The van der Waals surface area contributed by atoms with Gasteiger partial charge in [-0.15, -0.1) is 12.4 Å². The summed E-state index contributed by atoms with van der Waals surface area (Å²) < 4.78 is 4.59. The molecule has 1 fully saturated rings. The highest BCUT2D eigenvalue weighted by molar-refractivity contribution is 5.97. The standard InChI is InChI=1S/C12H14N4O3.ClH/c17-11-6-13-4-3-9(11)14-12(18)7-1-2-8-10(5-7)16-19-15-8;/h1-2,5,9,11,13,17H,3-4,6H2,(H,14,18);1H/t9-,11-;/m1./s1. The number of carbonyl (C=O) groups is 1. The van der Waals surface area contributed by atoms with E-state index in [-0.39, 0.29) is 24.4 Å². The number of piperidine rings is 1. The summed E-state index contributed by atoms with van der Waals surface area (Å²) in [4.78, 5) is 12.1. The molecule has 3 N–H and O–H groups in total. The third kappa shape index (κ3) is 2.90. The molecule has 1 aromatic heterocycles. The van der Waals surface area contributed by atoms with Gasteiger partial charge in [-0.3, -0.25) is 4.79 Å². The minimum Gasteiger partial charge on any atom is -0.390 e. The van der Waals surface area contributed by atoms with Crippen molar-refractivity contribution in [2.45, 2.75) is 18.6 Å². The predicted molar refractivity (Wildman–Crippen MR) is 73.8 cm³/mol. The molecule has 1 amide bonds. The van der Waals surface area contributed by atoms with E-state index in [9.17, 15) is 9.90 Å². The van der Waals surface area contributed by atoms with E-state index in [2.05, 4.69) is 25.6 Å². The van der Waals surface area contributed by atoms with Crippen LogP contribution in [0.4, 0.5) is 0 Å². The van der Waals surface area contributed by atoms with E-state index in [1.54, 1.807) is 18.2 Å². The fraction of sp³-hybridized carbons (Fsp3) is 0.417. The zero-order valence-electron chi connectivity index (χ0n) is 10.6. The number of aromatic nitrogens is 2. The Bertz CT molecular complexity index is 603. The van der Waals surface area contributed by atoms with Crippen LogP contribution < -0.4 is 10.6 Å². The van der Waals surface area contributed by atoms with Gasteiger partial charge in [0.15, 0.2) is 0 Å². The average Bonchev–Trinajstić information content (AvgIpc) is 2.88. The number of fused-ring (bicyclic) bond motifs is 1. The molecule has 0 bridgehead atoms. The number of halogens is 1. The molecule has 2 aromatic rings. The van der Waals surface area contributed by atoms with Crippen molar-refractivity contribution in [3.63, 3.8) is 0 Å². The van der Waals surface area contributed by atoms with Gasteiger partial charge in [0, 0.05) is 12.1 Å². The smallest absolute Gasteiger partial charge is 0.251 e. The van der Waals surface area contributed by atoms with Gasteiger partial charge in [-0.05, 0) is 41.5 Å². The summed E-state index contributed by atoms with van der Waals surface area (Å²) in [6.07, 6.45) is 0.149. The lowest BCUT2D eigenvalue weighted by molar-refractivity contribution is 0.0765. The van der Waals surface area contributed by atoms with Crippen molar-refractivity contribution in [3.8, 4) is 0 Å². The topological polar surface area (TPSA) is 100 Å². The van der Waals surface area contributed by atoms with E-state index < -0.39 is 6.10 Å². The van der Waals surface area contributed by atoms with Crippen molar-refractivity contribution in [2.75, 3.05) is 13.1 Å². The van der Waals surface area contributed by atoms with E-state index in [1.807, 2.05) is 0 Å². The second-order valence-electron chi connectivity index (χ2n) is 4.61. The molecule has 1 saturated heterocycles. The molecule has 20 heavy (non-hydrogen) atoms. The van der Waals surface area contributed by atoms with Crippen LogP contribution in [0.5, 0.6) is 0 Å². The lowest BCUT2D eigenvalue weighted by Gasteiger charge is -2.29. The van der Waals surface area contributed by atoms with Crippen molar-refractivity contribution in [1.82, 2.24) is 20.9 Å². The highest BCUT2D eigenvalue weighted by atomic mass is 35.5. The molecule has 7 nitrogen and oxygen atoms in total. The molecule has 1 aliphatic rings. The van der Waals surface area contributed by atoms with E-state index in [0.717, 1.165) is 6.54 Å². The first-order valence-corrected chi connectivity index (χ1v) is 6.16. The molecule has 0 spiro atoms. The van der Waals surface area contributed by atoms with Gasteiger partial charge in [-0.2, -0.15) is 0 Å². The van der Waals surface area contributed by atoms with Crippen LogP contribution in [0.1, 0.15) is 16.8 Å². The maximum absolute atomic E-state index is 12.1. The van der Waals surface area contributed by atoms with Crippen molar-refractivity contribution in [3.05, 3.63) is 23.8 Å². The second-order valence-corrected chi connectivity index (χ2v) is 4.61. The number of nitrogens with one attached hydrogen (secondary N) is 2. The molecule has 0 aliphatic carbocycles. The van der Waals surface area contributed by atoms with Crippen LogP contribution in [-0.4, -0.2) is 46.6 Å². The van der Waals surface area contributed by atoms with Crippen LogP contribution in [-0.2, 0) is 0 Å². The monoisotopic (exact) mass is 298 g/mol. The summed E-state index contributed by atoms with van der Waals surface area (Å²) in [6.45, 7) is 1.28. The molecule has 3 rings (SSSR count). The summed E-state index contributed by atoms with van der Waals surface area (Å²) in [5, 5.41) is 23.1. The third-order valence-electron chi connectivity index (χ3n) is 3.28. The number of benzene rings is 1. The van der Waals surface area contributed by atoms with Gasteiger partial charge in [-0.25, -0.2) is 4.63 Å². The molecule has 8 heteroatoms. The van der Waals surface area contributed by atoms with Gasteiger partial charge in [0.2, 0.25) is 0 Å². The van der Waals surface area contributed by atoms with Crippen LogP contribution >= 0.6 is 12.4 Å². The summed E-state index contributed by atoms with van der Waals surface area (Å²) in [5.74, 6) is -0.226. The van der Waals surface area contributed by atoms with Crippen LogP contribution in [0.15, 0.2) is 22.8 Å². The Hall–Kier alpha value is -1.70. The molecule has 0 unspecified atom stereocenters. The Morgan fingerprint density at radius 3 is 3.00 bits per heavy atom. The lowest BCUT2D eigenvalue weighted by Crippen LogP contribution is -2.52. The molecule has 108 valence electrons. The van der Waals surface area contributed by atoms with Gasteiger partial charge in [-0.1, -0.05) is 0 Å². The van der Waals surface area contributed by atoms with Gasteiger partial charge < -0.3 is 15.7 Å². The van der Waals surface area contributed by atoms with E-state index in [4.69, 9.17) is 0 Å². The zero-order valence-corrected chi connectivity index (χ0v) is 11.4. The molecular formula is C12H15ClN4O3. The van der Waals surface area contributed by atoms with Crippen LogP contribution in [0.25, 0.3) is 11.0 Å². The Morgan fingerprint density at radius 2 is 2.20 bits per heavy atom. The quantitative estimate of drug-likeness (QED) is 0.727. The number of aliphatic hydroxyl groups is 1. The van der Waals surface area contributed by atoms with Crippen LogP contribution in [0.2, 0.25) is 0 Å². The lowest BCUT2D eigenvalue weighted by atomic mass is 10.0. The predicted octanol–water partition coefficient (Wildman–Crippen LogP) is 0.0972. The number of hydrogen-bond donors (Lipinski definition) is 3. The van der Waals surface area contributed by atoms with Crippen molar-refractivity contribution >= 4 is 29.3 Å². The molecule has 0 radical (unpaired) electrons. The Balaban J connectivity index is 0.00000147. The maximum Gasteiger partial charge on any atom is 0.251 e. The van der Waals surface area contributed by atoms with E-state index in [0.29, 0.717) is 29.6 Å². The molecule has 2 atom stereocenters. The number of carbonyl (C=O) groups excluding carboxylic acids is 1. The number of nitrogens with zero attached hydrogens (tertiary/aromatic N) is 2. The normalized spacial score (nSPS) is 22.2. The summed E-state index contributed by atoms with van der Waals surface area (Å²) in [5.41, 5.74) is 1.63. The fourth-order valence-electron chi connectivity index (χ4n) is 2.19. The highest BCUT2D eigenvalue weighted by Gasteiger charge is 2.24. The number of rotatable bonds is 2. The first kappa shape index (κ1) is 14.7. The fourth-order valence-corrected chi connectivity index (χ4v) is 2.19. The number of aliphatic hydroxyl groups excluding tert-OH is 1. The second kappa shape index (κ2) is 6.17. The molecule has 1 aromatic carbocycles. The first-order valence-electron chi connectivity index (χ1n) is 6.16. The van der Waals surface area contributed by atoms with Gasteiger partial charge in [0.1, 0.15) is 11.0 Å². The van der Waals surface area contributed by atoms with Crippen LogP contribution in [0, 0.1) is 0 Å². The number of amides is 1. The third-order valence-corrected chi connectivity index (χ3v) is 3.28. The van der Waals surface area contributed by atoms with Gasteiger partial charge in [0.05, 0.1) is 12.1 Å². The van der Waals surface area contributed by atoms with E-state index in [1.165, 1.54) is 0 Å². The summed E-state index contributed by atoms with van der Waals surface area (Å²) in [6, 6.07) is 4.74. The average molecular weight is 299 g/mol. The SMILES string of the molecule is Cl.O=C(N[C@@H]1CCNC[C@H]1O)c1ccc2nonc2c1.